The van der Waals surface area contributed by atoms with Crippen molar-refractivity contribution in [2.45, 2.75) is 16.8 Å². The number of halogens is 1. The van der Waals surface area contributed by atoms with E-state index >= 15 is 0 Å². The molecule has 2 rings (SSSR count). The number of hydrogen-bond acceptors (Lipinski definition) is 6. The predicted octanol–water partition coefficient (Wildman–Crippen LogP) is 2.89. The average Bonchev–Trinajstić information content (AvgIpc) is 2.62. The summed E-state index contributed by atoms with van der Waals surface area (Å²) in [5, 5.41) is 5.49. The summed E-state index contributed by atoms with van der Waals surface area (Å²) in [5.41, 5.74) is 0.221. The van der Waals surface area contributed by atoms with Crippen molar-refractivity contribution in [2.75, 3.05) is 13.2 Å². The maximum absolute atomic E-state index is 12.2. The second-order valence-corrected chi connectivity index (χ2v) is 6.39. The summed E-state index contributed by atoms with van der Waals surface area (Å²) >= 11 is 7.13. The summed E-state index contributed by atoms with van der Waals surface area (Å²) in [6.07, 6.45) is 1.55. The Balaban J connectivity index is 1.99. The fourth-order valence-electron chi connectivity index (χ4n) is 1.82. The molecular formula is C17H16ClN3O4S. The third-order valence-electron chi connectivity index (χ3n) is 2.94. The van der Waals surface area contributed by atoms with E-state index in [1.54, 1.807) is 49.5 Å². The Bertz CT molecular complexity index is 799. The number of aromatic nitrogens is 1. The van der Waals surface area contributed by atoms with Crippen LogP contribution in [-0.2, 0) is 9.53 Å². The van der Waals surface area contributed by atoms with Gasteiger partial charge >= 0.3 is 12.0 Å². The number of imide groups is 1. The monoisotopic (exact) mass is 393 g/mol. The summed E-state index contributed by atoms with van der Waals surface area (Å²) in [6, 6.07) is 9.57. The van der Waals surface area contributed by atoms with Crippen LogP contribution in [0.5, 0.6) is 0 Å². The van der Waals surface area contributed by atoms with E-state index in [-0.39, 0.29) is 5.56 Å². The van der Waals surface area contributed by atoms with E-state index in [1.165, 1.54) is 11.8 Å². The number of rotatable bonds is 6. The van der Waals surface area contributed by atoms with Crippen molar-refractivity contribution < 1.29 is 19.1 Å². The summed E-state index contributed by atoms with van der Waals surface area (Å²) in [4.78, 5) is 40.1. The number of nitrogens with one attached hydrogen (secondary N) is 2. The van der Waals surface area contributed by atoms with Gasteiger partial charge in [-0.3, -0.25) is 10.1 Å². The van der Waals surface area contributed by atoms with E-state index in [1.807, 2.05) is 5.32 Å². The van der Waals surface area contributed by atoms with Gasteiger partial charge in [-0.2, -0.15) is 0 Å². The van der Waals surface area contributed by atoms with Crippen molar-refractivity contribution in [1.29, 1.82) is 0 Å². The van der Waals surface area contributed by atoms with Crippen molar-refractivity contribution in [2.24, 2.45) is 0 Å². The first-order chi connectivity index (χ1) is 12.5. The molecule has 0 unspecified atom stereocenters. The molecule has 0 fully saturated rings. The van der Waals surface area contributed by atoms with Crippen LogP contribution in [0.3, 0.4) is 0 Å². The van der Waals surface area contributed by atoms with Gasteiger partial charge in [0.05, 0.1) is 5.56 Å². The number of urea groups is 1. The number of pyridine rings is 1. The van der Waals surface area contributed by atoms with Crippen LogP contribution in [0.1, 0.15) is 17.3 Å². The fraction of sp³-hybridized carbons (Fsp3) is 0.176. The Kier molecular flexibility index (Phi) is 7.43. The molecule has 3 amide bonds. The highest BCUT2D eigenvalue weighted by Crippen LogP contribution is 2.29. The zero-order chi connectivity index (χ0) is 18.9. The Hall–Kier alpha value is -2.58. The molecule has 0 saturated heterocycles. The van der Waals surface area contributed by atoms with Crippen LogP contribution in [0.2, 0.25) is 5.02 Å². The van der Waals surface area contributed by atoms with Gasteiger partial charge in [-0.05, 0) is 43.3 Å². The number of ether oxygens (including phenoxy) is 1. The van der Waals surface area contributed by atoms with Gasteiger partial charge in [0.1, 0.15) is 5.03 Å². The lowest BCUT2D eigenvalue weighted by Gasteiger charge is -2.09. The van der Waals surface area contributed by atoms with Gasteiger partial charge in [0.2, 0.25) is 0 Å². The maximum atomic E-state index is 12.2. The van der Waals surface area contributed by atoms with Gasteiger partial charge in [-0.25, -0.2) is 14.6 Å². The molecule has 0 radical (unpaired) electrons. The zero-order valence-electron chi connectivity index (χ0n) is 13.8. The normalized spacial score (nSPS) is 10.1. The molecule has 1 aromatic carbocycles. The van der Waals surface area contributed by atoms with Crippen LogP contribution in [0, 0.1) is 0 Å². The quantitative estimate of drug-likeness (QED) is 0.732. The fourth-order valence-corrected chi connectivity index (χ4v) is 2.81. The molecule has 1 heterocycles. The molecule has 136 valence electrons. The van der Waals surface area contributed by atoms with E-state index in [9.17, 15) is 14.4 Å². The van der Waals surface area contributed by atoms with E-state index in [4.69, 9.17) is 16.3 Å². The lowest BCUT2D eigenvalue weighted by atomic mass is 10.3. The van der Waals surface area contributed by atoms with Gasteiger partial charge in [-0.1, -0.05) is 23.4 Å². The Morgan fingerprint density at radius 1 is 1.19 bits per heavy atom. The molecule has 1 aromatic heterocycles. The molecule has 26 heavy (non-hydrogen) atoms. The standard InChI is InChI=1S/C17H16ClN3O4S/c1-2-19-17(24)21-14(22)10-25-16(23)13-4-3-9-20-15(13)26-12-7-5-11(18)6-8-12/h3-9H,2,10H2,1H3,(H2,19,21,22,24). The molecule has 7 nitrogen and oxygen atoms in total. The second-order valence-electron chi connectivity index (χ2n) is 4.90. The first-order valence-electron chi connectivity index (χ1n) is 7.63. The molecule has 2 N–H and O–H groups in total. The molecule has 0 spiro atoms. The smallest absolute Gasteiger partial charge is 0.341 e. The summed E-state index contributed by atoms with van der Waals surface area (Å²) in [5.74, 6) is -1.43. The summed E-state index contributed by atoms with van der Waals surface area (Å²) in [6.45, 7) is 1.52. The number of amides is 3. The SMILES string of the molecule is CCNC(=O)NC(=O)COC(=O)c1cccnc1Sc1ccc(Cl)cc1. The molecule has 0 aliphatic rings. The van der Waals surface area contributed by atoms with Crippen molar-refractivity contribution in [1.82, 2.24) is 15.6 Å². The van der Waals surface area contributed by atoms with E-state index in [2.05, 4.69) is 10.3 Å². The molecule has 9 heteroatoms. The molecule has 2 aromatic rings. The zero-order valence-corrected chi connectivity index (χ0v) is 15.4. The van der Waals surface area contributed by atoms with Crippen LogP contribution >= 0.6 is 23.4 Å². The third kappa shape index (κ3) is 6.05. The van der Waals surface area contributed by atoms with Gasteiger partial charge in [0.15, 0.2) is 6.61 Å². The van der Waals surface area contributed by atoms with E-state index in [0.29, 0.717) is 16.6 Å². The number of carbonyl (C=O) groups is 3. The Labute approximate surface area is 159 Å². The highest BCUT2D eigenvalue weighted by atomic mass is 35.5. The molecule has 0 bridgehead atoms. The first kappa shape index (κ1) is 19.7. The lowest BCUT2D eigenvalue weighted by Crippen LogP contribution is -2.41. The van der Waals surface area contributed by atoms with Gasteiger partial charge < -0.3 is 10.1 Å². The molecule has 0 aliphatic carbocycles. The van der Waals surface area contributed by atoms with Gasteiger partial charge in [0, 0.05) is 22.7 Å². The minimum atomic E-state index is -0.722. The van der Waals surface area contributed by atoms with Crippen molar-refractivity contribution in [3.05, 3.63) is 53.2 Å². The Morgan fingerprint density at radius 2 is 1.92 bits per heavy atom. The van der Waals surface area contributed by atoms with Gasteiger partial charge in [-0.15, -0.1) is 0 Å². The molecular weight excluding hydrogens is 378 g/mol. The topological polar surface area (TPSA) is 97.4 Å². The molecule has 0 aliphatic heterocycles. The maximum Gasteiger partial charge on any atom is 0.341 e. The lowest BCUT2D eigenvalue weighted by molar-refractivity contribution is -0.123. The Morgan fingerprint density at radius 3 is 2.62 bits per heavy atom. The van der Waals surface area contributed by atoms with E-state index < -0.39 is 24.5 Å². The van der Waals surface area contributed by atoms with Crippen molar-refractivity contribution >= 4 is 41.3 Å². The number of benzene rings is 1. The van der Waals surface area contributed by atoms with Crippen LogP contribution < -0.4 is 10.6 Å². The van der Waals surface area contributed by atoms with Crippen LogP contribution in [-0.4, -0.2) is 36.0 Å². The van der Waals surface area contributed by atoms with Crippen molar-refractivity contribution in [3.63, 3.8) is 0 Å². The number of nitrogens with zero attached hydrogens (tertiary/aromatic N) is 1. The van der Waals surface area contributed by atoms with Crippen LogP contribution in [0.15, 0.2) is 52.5 Å². The largest absolute Gasteiger partial charge is 0.452 e. The average molecular weight is 394 g/mol. The summed E-state index contributed by atoms with van der Waals surface area (Å²) < 4.78 is 4.96. The van der Waals surface area contributed by atoms with Crippen LogP contribution in [0.25, 0.3) is 0 Å². The van der Waals surface area contributed by atoms with Crippen LogP contribution in [0.4, 0.5) is 4.79 Å². The van der Waals surface area contributed by atoms with Gasteiger partial charge in [0.25, 0.3) is 5.91 Å². The molecule has 0 atom stereocenters. The predicted molar refractivity (Wildman–Crippen MR) is 97.3 cm³/mol. The van der Waals surface area contributed by atoms with E-state index in [0.717, 1.165) is 4.90 Å². The number of carbonyl (C=O) groups excluding carboxylic acids is 3. The first-order valence-corrected chi connectivity index (χ1v) is 8.82. The minimum absolute atomic E-state index is 0.221. The summed E-state index contributed by atoms with van der Waals surface area (Å²) in [7, 11) is 0. The molecule has 0 saturated carbocycles. The minimum Gasteiger partial charge on any atom is -0.452 e. The highest BCUT2D eigenvalue weighted by molar-refractivity contribution is 7.99. The highest BCUT2D eigenvalue weighted by Gasteiger charge is 2.17. The van der Waals surface area contributed by atoms with Crippen molar-refractivity contribution in [3.8, 4) is 0 Å². The number of hydrogen-bond donors (Lipinski definition) is 2. The third-order valence-corrected chi connectivity index (χ3v) is 4.22. The number of esters is 1. The second kappa shape index (κ2) is 9.79.